The van der Waals surface area contributed by atoms with Crippen molar-refractivity contribution in [3.63, 3.8) is 0 Å². The first-order valence-corrected chi connectivity index (χ1v) is 7.57. The van der Waals surface area contributed by atoms with Gasteiger partial charge in [-0.15, -0.1) is 11.8 Å². The quantitative estimate of drug-likeness (QED) is 0.832. The Labute approximate surface area is 117 Å². The Hall–Kier alpha value is -0.670. The van der Waals surface area contributed by atoms with Crippen LogP contribution >= 0.6 is 23.4 Å². The van der Waals surface area contributed by atoms with Crippen molar-refractivity contribution < 1.29 is 9.90 Å². The summed E-state index contributed by atoms with van der Waals surface area (Å²) in [6, 6.07) is 7.67. The normalized spacial score (nSPS) is 24.5. The number of hydrogen-bond donors (Lipinski definition) is 1. The van der Waals surface area contributed by atoms with Crippen molar-refractivity contribution in [3.8, 4) is 0 Å². The van der Waals surface area contributed by atoms with Crippen molar-refractivity contribution in [2.24, 2.45) is 5.92 Å². The van der Waals surface area contributed by atoms with Gasteiger partial charge in [-0.25, -0.2) is 0 Å². The number of halogens is 1. The summed E-state index contributed by atoms with van der Waals surface area (Å²) in [7, 11) is 0. The number of aliphatic carboxylic acids is 1. The molecule has 0 spiro atoms. The maximum atomic E-state index is 11.3. The summed E-state index contributed by atoms with van der Waals surface area (Å²) in [6.45, 7) is 0. The van der Waals surface area contributed by atoms with Crippen LogP contribution in [-0.2, 0) is 4.79 Å². The molecule has 1 aromatic carbocycles. The Morgan fingerprint density at radius 2 is 2.06 bits per heavy atom. The second-order valence-electron chi connectivity index (χ2n) is 4.70. The zero-order valence-corrected chi connectivity index (χ0v) is 11.7. The van der Waals surface area contributed by atoms with E-state index in [1.807, 2.05) is 24.3 Å². The molecule has 1 aromatic rings. The summed E-state index contributed by atoms with van der Waals surface area (Å²) in [5, 5.41) is 10.2. The van der Waals surface area contributed by atoms with Crippen molar-refractivity contribution >= 4 is 29.3 Å². The lowest BCUT2D eigenvalue weighted by Crippen LogP contribution is -2.24. The second kappa shape index (κ2) is 6.48. The molecule has 98 valence electrons. The smallest absolute Gasteiger partial charge is 0.307 e. The van der Waals surface area contributed by atoms with Crippen LogP contribution in [0, 0.1) is 5.92 Å². The lowest BCUT2D eigenvalue weighted by atomic mass is 10.0. The van der Waals surface area contributed by atoms with Crippen molar-refractivity contribution in [2.45, 2.75) is 42.2 Å². The molecule has 0 aliphatic heterocycles. The molecule has 18 heavy (non-hydrogen) atoms. The Balaban J connectivity index is 2.11. The minimum Gasteiger partial charge on any atom is -0.481 e. The number of carboxylic acids is 1. The predicted octanol–water partition coefficient (Wildman–Crippen LogP) is 4.47. The highest BCUT2D eigenvalue weighted by atomic mass is 35.5. The zero-order chi connectivity index (χ0) is 13.0. The summed E-state index contributed by atoms with van der Waals surface area (Å²) in [6.07, 6.45) is 5.09. The summed E-state index contributed by atoms with van der Waals surface area (Å²) in [5.41, 5.74) is 0. The Bertz CT molecular complexity index is 422. The molecule has 1 N–H and O–H groups in total. The second-order valence-corrected chi connectivity index (χ2v) is 6.45. The molecule has 1 fully saturated rings. The van der Waals surface area contributed by atoms with Gasteiger partial charge in [0.1, 0.15) is 0 Å². The summed E-state index contributed by atoms with van der Waals surface area (Å²) in [4.78, 5) is 12.4. The van der Waals surface area contributed by atoms with Crippen LogP contribution in [0.2, 0.25) is 5.02 Å². The molecule has 0 amide bonds. The third-order valence-corrected chi connectivity index (χ3v) is 4.98. The fraction of sp³-hybridized carbons (Fsp3) is 0.500. The van der Waals surface area contributed by atoms with E-state index < -0.39 is 5.97 Å². The van der Waals surface area contributed by atoms with Crippen LogP contribution in [0.25, 0.3) is 0 Å². The molecule has 1 saturated carbocycles. The number of thioether (sulfide) groups is 1. The van der Waals surface area contributed by atoms with Gasteiger partial charge in [0.05, 0.1) is 5.92 Å². The fourth-order valence-electron chi connectivity index (χ4n) is 2.41. The van der Waals surface area contributed by atoms with Gasteiger partial charge in [0.15, 0.2) is 0 Å². The molecule has 1 aliphatic rings. The largest absolute Gasteiger partial charge is 0.481 e. The number of rotatable bonds is 3. The fourth-order valence-corrected chi connectivity index (χ4v) is 4.07. The highest BCUT2D eigenvalue weighted by molar-refractivity contribution is 8.00. The van der Waals surface area contributed by atoms with Gasteiger partial charge in [0.2, 0.25) is 0 Å². The van der Waals surface area contributed by atoms with E-state index in [-0.39, 0.29) is 11.2 Å². The number of benzene rings is 1. The van der Waals surface area contributed by atoms with E-state index in [2.05, 4.69) is 0 Å². The van der Waals surface area contributed by atoms with Crippen LogP contribution < -0.4 is 0 Å². The number of carbonyl (C=O) groups is 1. The molecular weight excluding hydrogens is 268 g/mol. The van der Waals surface area contributed by atoms with Gasteiger partial charge in [-0.2, -0.15) is 0 Å². The molecule has 4 heteroatoms. The van der Waals surface area contributed by atoms with Crippen LogP contribution in [0.15, 0.2) is 29.2 Å². The minimum absolute atomic E-state index is 0.170. The molecular formula is C14H17ClO2S. The van der Waals surface area contributed by atoms with Crippen molar-refractivity contribution in [2.75, 3.05) is 0 Å². The van der Waals surface area contributed by atoms with Gasteiger partial charge < -0.3 is 5.11 Å². The first-order valence-electron chi connectivity index (χ1n) is 6.32. The molecule has 0 radical (unpaired) electrons. The molecule has 2 rings (SSSR count). The predicted molar refractivity (Wildman–Crippen MR) is 75.3 cm³/mol. The van der Waals surface area contributed by atoms with E-state index in [0.29, 0.717) is 5.02 Å². The van der Waals surface area contributed by atoms with E-state index in [4.69, 9.17) is 11.6 Å². The van der Waals surface area contributed by atoms with Gasteiger partial charge in [0.25, 0.3) is 0 Å². The van der Waals surface area contributed by atoms with Crippen LogP contribution in [0.1, 0.15) is 32.1 Å². The summed E-state index contributed by atoms with van der Waals surface area (Å²) < 4.78 is 0. The Morgan fingerprint density at radius 3 is 2.78 bits per heavy atom. The lowest BCUT2D eigenvalue weighted by molar-refractivity contribution is -0.141. The average Bonchev–Trinajstić information content (AvgIpc) is 2.54. The molecule has 0 bridgehead atoms. The van der Waals surface area contributed by atoms with Gasteiger partial charge >= 0.3 is 5.97 Å². The Morgan fingerprint density at radius 1 is 1.28 bits per heavy atom. The first kappa shape index (κ1) is 13.8. The average molecular weight is 285 g/mol. The topological polar surface area (TPSA) is 37.3 Å². The van der Waals surface area contributed by atoms with Crippen LogP contribution in [-0.4, -0.2) is 16.3 Å². The van der Waals surface area contributed by atoms with E-state index in [0.717, 1.165) is 37.0 Å². The third-order valence-electron chi connectivity index (χ3n) is 3.35. The monoisotopic (exact) mass is 284 g/mol. The van der Waals surface area contributed by atoms with Gasteiger partial charge in [0, 0.05) is 15.2 Å². The molecule has 2 atom stereocenters. The maximum absolute atomic E-state index is 11.3. The lowest BCUT2D eigenvalue weighted by Gasteiger charge is -2.21. The van der Waals surface area contributed by atoms with Crippen molar-refractivity contribution in [1.82, 2.24) is 0 Å². The highest BCUT2D eigenvalue weighted by Gasteiger charge is 2.30. The molecule has 0 saturated heterocycles. The van der Waals surface area contributed by atoms with Crippen LogP contribution in [0.4, 0.5) is 0 Å². The molecule has 2 unspecified atom stereocenters. The molecule has 1 aliphatic carbocycles. The zero-order valence-electron chi connectivity index (χ0n) is 10.1. The first-order chi connectivity index (χ1) is 8.66. The Kier molecular flexibility index (Phi) is 4.95. The highest BCUT2D eigenvalue weighted by Crippen LogP contribution is 2.37. The molecule has 0 heterocycles. The summed E-state index contributed by atoms with van der Waals surface area (Å²) in [5.74, 6) is -0.882. The SMILES string of the molecule is O=C(O)C1CCCCCC1Sc1cccc(Cl)c1. The maximum Gasteiger partial charge on any atom is 0.307 e. The number of carboxylic acid groups (broad SMARTS) is 1. The van der Waals surface area contributed by atoms with E-state index in [1.165, 1.54) is 0 Å². The minimum atomic E-state index is -0.656. The van der Waals surface area contributed by atoms with E-state index >= 15 is 0 Å². The van der Waals surface area contributed by atoms with Gasteiger partial charge in [-0.3, -0.25) is 4.79 Å². The standard InChI is InChI=1S/C14H17ClO2S/c15-10-5-4-6-11(9-10)18-13-8-3-1-2-7-12(13)14(16)17/h4-6,9,12-13H,1-3,7-8H2,(H,16,17). The number of hydrogen-bond acceptors (Lipinski definition) is 2. The molecule has 2 nitrogen and oxygen atoms in total. The molecule has 0 aromatic heterocycles. The van der Waals surface area contributed by atoms with Crippen LogP contribution in [0.3, 0.4) is 0 Å². The third kappa shape index (κ3) is 3.66. The van der Waals surface area contributed by atoms with Crippen LogP contribution in [0.5, 0.6) is 0 Å². The van der Waals surface area contributed by atoms with Gasteiger partial charge in [-0.1, -0.05) is 36.9 Å². The van der Waals surface area contributed by atoms with Crippen molar-refractivity contribution in [3.05, 3.63) is 29.3 Å². The van der Waals surface area contributed by atoms with E-state index in [1.54, 1.807) is 11.8 Å². The van der Waals surface area contributed by atoms with Crippen molar-refractivity contribution in [1.29, 1.82) is 0 Å². The summed E-state index contributed by atoms with van der Waals surface area (Å²) >= 11 is 7.63. The van der Waals surface area contributed by atoms with Gasteiger partial charge in [-0.05, 0) is 31.0 Å². The van der Waals surface area contributed by atoms with E-state index in [9.17, 15) is 9.90 Å².